The predicted molar refractivity (Wildman–Crippen MR) is 129 cm³/mol. The molecule has 1 unspecified atom stereocenters. The van der Waals surface area contributed by atoms with Gasteiger partial charge >= 0.3 is 0 Å². The van der Waals surface area contributed by atoms with Gasteiger partial charge in [0, 0.05) is 18.7 Å². The molecule has 6 nitrogen and oxygen atoms in total. The summed E-state index contributed by atoms with van der Waals surface area (Å²) in [6.07, 6.45) is 0.369. The molecule has 33 heavy (non-hydrogen) atoms. The van der Waals surface area contributed by atoms with Crippen molar-refractivity contribution in [1.82, 2.24) is 4.90 Å². The van der Waals surface area contributed by atoms with E-state index < -0.39 is 21.8 Å². The SMILES string of the molecule is Cc1cc(C)c2c(=O)cc(C(=O)N(Cc3ccc(C(C)C)cc3)C3CCS(=O)(=O)C3)oc2c1. The molecule has 2 heterocycles. The van der Waals surface area contributed by atoms with Crippen molar-refractivity contribution in [2.75, 3.05) is 11.5 Å². The number of sulfone groups is 1. The number of nitrogens with zero attached hydrogens (tertiary/aromatic N) is 1. The third-order valence-electron chi connectivity index (χ3n) is 6.29. The molecule has 1 saturated heterocycles. The summed E-state index contributed by atoms with van der Waals surface area (Å²) in [5, 5.41) is 0.455. The number of rotatable bonds is 5. The van der Waals surface area contributed by atoms with Crippen molar-refractivity contribution in [3.05, 3.63) is 80.7 Å². The van der Waals surface area contributed by atoms with Crippen LogP contribution in [0.1, 0.15) is 59.0 Å². The van der Waals surface area contributed by atoms with E-state index in [9.17, 15) is 18.0 Å². The molecule has 0 saturated carbocycles. The first-order chi connectivity index (χ1) is 15.5. The number of hydrogen-bond acceptors (Lipinski definition) is 5. The number of amides is 1. The van der Waals surface area contributed by atoms with E-state index in [4.69, 9.17) is 4.42 Å². The van der Waals surface area contributed by atoms with Crippen molar-refractivity contribution in [1.29, 1.82) is 0 Å². The first-order valence-electron chi connectivity index (χ1n) is 11.2. The average molecular weight is 468 g/mol. The summed E-state index contributed by atoms with van der Waals surface area (Å²) >= 11 is 0. The maximum atomic E-state index is 13.6. The quantitative estimate of drug-likeness (QED) is 0.557. The molecule has 7 heteroatoms. The zero-order chi connectivity index (χ0) is 23.9. The van der Waals surface area contributed by atoms with E-state index in [1.54, 1.807) is 11.0 Å². The zero-order valence-electron chi connectivity index (χ0n) is 19.4. The summed E-state index contributed by atoms with van der Waals surface area (Å²) in [6, 6.07) is 12.4. The van der Waals surface area contributed by atoms with Gasteiger partial charge in [-0.05, 0) is 54.5 Å². The minimum absolute atomic E-state index is 0.0494. The van der Waals surface area contributed by atoms with Crippen LogP contribution >= 0.6 is 0 Å². The van der Waals surface area contributed by atoms with E-state index in [-0.39, 0.29) is 29.2 Å². The van der Waals surface area contributed by atoms with Gasteiger partial charge in [-0.3, -0.25) is 9.59 Å². The predicted octanol–water partition coefficient (Wildman–Crippen LogP) is 4.36. The van der Waals surface area contributed by atoms with Crippen molar-refractivity contribution in [3.63, 3.8) is 0 Å². The number of benzene rings is 2. The molecular formula is C26H29NO5S. The Kier molecular flexibility index (Phi) is 6.18. The highest BCUT2D eigenvalue weighted by atomic mass is 32.2. The minimum Gasteiger partial charge on any atom is -0.451 e. The van der Waals surface area contributed by atoms with Gasteiger partial charge < -0.3 is 9.32 Å². The van der Waals surface area contributed by atoms with E-state index in [1.807, 2.05) is 44.2 Å². The highest BCUT2D eigenvalue weighted by Crippen LogP contribution is 2.25. The van der Waals surface area contributed by atoms with Gasteiger partial charge in [0.1, 0.15) is 5.58 Å². The molecular weight excluding hydrogens is 438 g/mol. The molecule has 0 radical (unpaired) electrons. The van der Waals surface area contributed by atoms with Crippen molar-refractivity contribution in [3.8, 4) is 0 Å². The zero-order valence-corrected chi connectivity index (χ0v) is 20.2. The Hall–Kier alpha value is -2.93. The van der Waals surface area contributed by atoms with Crippen molar-refractivity contribution in [2.45, 2.75) is 52.6 Å². The lowest BCUT2D eigenvalue weighted by molar-refractivity contribution is 0.0648. The molecule has 1 fully saturated rings. The van der Waals surface area contributed by atoms with Crippen LogP contribution in [-0.4, -0.2) is 36.8 Å². The maximum absolute atomic E-state index is 13.6. The average Bonchev–Trinajstić information content (AvgIpc) is 3.10. The van der Waals surface area contributed by atoms with Crippen LogP contribution in [-0.2, 0) is 16.4 Å². The van der Waals surface area contributed by atoms with Gasteiger partial charge in [-0.25, -0.2) is 8.42 Å². The molecule has 0 bridgehead atoms. The van der Waals surface area contributed by atoms with Crippen LogP contribution in [0, 0.1) is 13.8 Å². The van der Waals surface area contributed by atoms with Crippen molar-refractivity contribution >= 4 is 26.7 Å². The Bertz CT molecular complexity index is 1370. The fourth-order valence-electron chi connectivity index (χ4n) is 4.50. The molecule has 1 atom stereocenters. The summed E-state index contributed by atoms with van der Waals surface area (Å²) in [5.74, 6) is -0.188. The number of aryl methyl sites for hydroxylation is 2. The second-order valence-corrected chi connectivity index (χ2v) is 11.5. The highest BCUT2D eigenvalue weighted by Gasteiger charge is 2.36. The van der Waals surface area contributed by atoms with Crippen LogP contribution in [0.15, 0.2) is 51.7 Å². The molecule has 3 aromatic rings. The molecule has 2 aromatic carbocycles. The van der Waals surface area contributed by atoms with Gasteiger partial charge in [0.05, 0.1) is 16.9 Å². The summed E-state index contributed by atoms with van der Waals surface area (Å²) in [4.78, 5) is 27.9. The lowest BCUT2D eigenvalue weighted by Crippen LogP contribution is -2.41. The second kappa shape index (κ2) is 8.78. The lowest BCUT2D eigenvalue weighted by atomic mass is 10.0. The topological polar surface area (TPSA) is 84.7 Å². The lowest BCUT2D eigenvalue weighted by Gasteiger charge is -2.28. The van der Waals surface area contributed by atoms with Crippen molar-refractivity contribution in [2.24, 2.45) is 0 Å². The van der Waals surface area contributed by atoms with E-state index in [0.29, 0.717) is 23.3 Å². The molecule has 174 valence electrons. The van der Waals surface area contributed by atoms with E-state index in [0.717, 1.165) is 16.7 Å². The Morgan fingerprint density at radius 3 is 2.42 bits per heavy atom. The fraction of sp³-hybridized carbons (Fsp3) is 0.385. The Labute approximate surface area is 194 Å². The summed E-state index contributed by atoms with van der Waals surface area (Å²) in [5.41, 5.74) is 3.89. The third-order valence-corrected chi connectivity index (χ3v) is 8.04. The number of carbonyl (C=O) groups excluding carboxylic acids is 1. The van der Waals surface area contributed by atoms with Gasteiger partial charge in [-0.1, -0.05) is 44.2 Å². The van der Waals surface area contributed by atoms with Crippen molar-refractivity contribution < 1.29 is 17.6 Å². The first kappa shape index (κ1) is 23.2. The van der Waals surface area contributed by atoms with Gasteiger partial charge in [0.25, 0.3) is 5.91 Å². The second-order valence-electron chi connectivity index (χ2n) is 9.32. The van der Waals surface area contributed by atoms with Crippen LogP contribution < -0.4 is 5.43 Å². The van der Waals surface area contributed by atoms with Crippen LogP contribution in [0.5, 0.6) is 0 Å². The van der Waals surface area contributed by atoms with Crippen LogP contribution in [0.25, 0.3) is 11.0 Å². The minimum atomic E-state index is -3.21. The number of hydrogen-bond donors (Lipinski definition) is 0. The molecule has 0 spiro atoms. The normalized spacial score (nSPS) is 17.5. The van der Waals surface area contributed by atoms with E-state index in [1.165, 1.54) is 11.6 Å². The van der Waals surface area contributed by atoms with Crippen LogP contribution in [0.3, 0.4) is 0 Å². The first-order valence-corrected chi connectivity index (χ1v) is 13.0. The number of fused-ring (bicyclic) bond motifs is 1. The standard InChI is InChI=1S/C26H29NO5S/c1-16(2)20-7-5-19(6-8-20)14-27(21-9-10-33(30,31)15-21)26(29)24-13-22(28)25-18(4)11-17(3)12-23(25)32-24/h5-8,11-13,16,21H,9-10,14-15H2,1-4H3. The van der Waals surface area contributed by atoms with Gasteiger partial charge in [0.2, 0.25) is 0 Å². The molecule has 4 rings (SSSR count). The molecule has 0 N–H and O–H groups in total. The summed E-state index contributed by atoms with van der Waals surface area (Å²) < 4.78 is 30.2. The van der Waals surface area contributed by atoms with E-state index >= 15 is 0 Å². The molecule has 0 aliphatic carbocycles. The smallest absolute Gasteiger partial charge is 0.290 e. The fourth-order valence-corrected chi connectivity index (χ4v) is 6.23. The molecule has 1 aliphatic rings. The summed E-state index contributed by atoms with van der Waals surface area (Å²) in [6.45, 7) is 8.20. The Balaban J connectivity index is 1.73. The maximum Gasteiger partial charge on any atom is 0.290 e. The Morgan fingerprint density at radius 1 is 1.12 bits per heavy atom. The highest BCUT2D eigenvalue weighted by molar-refractivity contribution is 7.91. The summed E-state index contributed by atoms with van der Waals surface area (Å²) in [7, 11) is -3.21. The van der Waals surface area contributed by atoms with Gasteiger partial charge in [-0.2, -0.15) is 0 Å². The third kappa shape index (κ3) is 4.88. The molecule has 1 amide bonds. The van der Waals surface area contributed by atoms with E-state index in [2.05, 4.69) is 13.8 Å². The molecule has 1 aromatic heterocycles. The van der Waals surface area contributed by atoms with Gasteiger partial charge in [0.15, 0.2) is 21.0 Å². The molecule has 1 aliphatic heterocycles. The monoisotopic (exact) mass is 467 g/mol. The number of carbonyl (C=O) groups is 1. The Morgan fingerprint density at radius 2 is 1.82 bits per heavy atom. The largest absolute Gasteiger partial charge is 0.451 e. The van der Waals surface area contributed by atoms with Crippen LogP contribution in [0.4, 0.5) is 0 Å². The van der Waals surface area contributed by atoms with Crippen LogP contribution in [0.2, 0.25) is 0 Å². The van der Waals surface area contributed by atoms with Gasteiger partial charge in [-0.15, -0.1) is 0 Å².